The summed E-state index contributed by atoms with van der Waals surface area (Å²) in [7, 11) is -2.50. The van der Waals surface area contributed by atoms with Gasteiger partial charge in [-0.05, 0) is 76.6 Å². The monoisotopic (exact) mass is 570 g/mol. The van der Waals surface area contributed by atoms with Crippen molar-refractivity contribution in [3.05, 3.63) is 65.0 Å². The van der Waals surface area contributed by atoms with E-state index >= 15 is 0 Å². The van der Waals surface area contributed by atoms with Gasteiger partial charge in [0.05, 0.1) is 48.6 Å². The van der Waals surface area contributed by atoms with E-state index in [2.05, 4.69) is 32.5 Å². The van der Waals surface area contributed by atoms with Crippen LogP contribution < -0.4 is 9.62 Å². The van der Waals surface area contributed by atoms with Crippen LogP contribution in [0.2, 0.25) is 0 Å². The van der Waals surface area contributed by atoms with E-state index in [0.29, 0.717) is 6.54 Å². The van der Waals surface area contributed by atoms with E-state index in [9.17, 15) is 13.2 Å². The number of hydrogen-bond donors (Lipinski definition) is 1. The Labute approximate surface area is 238 Å². The SMILES string of the molecule is COC(=O)C/C=C\[C@@H](C)[C@@H](/C=N\O[C@@H](C)CN1CCCCc2nc(C)c(C)cc21)NS(=O)(=O)c1ccc(C)cc1. The average Bonchev–Trinajstić information content (AvgIpc) is 3.09. The number of anilines is 1. The number of carbonyl (C=O) groups is 1. The number of oxime groups is 1. The number of aryl methyl sites for hydroxylation is 4. The molecular weight excluding hydrogens is 528 g/mol. The van der Waals surface area contributed by atoms with Crippen LogP contribution in [0.5, 0.6) is 0 Å². The van der Waals surface area contributed by atoms with Crippen molar-refractivity contribution >= 4 is 27.9 Å². The Morgan fingerprint density at radius 2 is 1.90 bits per heavy atom. The summed E-state index contributed by atoms with van der Waals surface area (Å²) in [5.41, 5.74) is 5.45. The van der Waals surface area contributed by atoms with Gasteiger partial charge >= 0.3 is 5.97 Å². The van der Waals surface area contributed by atoms with Crippen molar-refractivity contribution in [1.82, 2.24) is 9.71 Å². The fraction of sp³-hybridized carbons (Fsp3) is 0.500. The Bertz CT molecular complexity index is 1310. The molecule has 3 atom stereocenters. The third-order valence-corrected chi connectivity index (χ3v) is 8.51. The van der Waals surface area contributed by atoms with Crippen LogP contribution in [0.1, 0.15) is 55.6 Å². The number of pyridine rings is 1. The first-order chi connectivity index (χ1) is 19.0. The molecule has 0 radical (unpaired) electrons. The molecule has 1 aromatic heterocycles. The zero-order valence-electron chi connectivity index (χ0n) is 24.4. The molecule has 9 nitrogen and oxygen atoms in total. The van der Waals surface area contributed by atoms with Crippen LogP contribution in [0.15, 0.2) is 52.5 Å². The second-order valence-corrected chi connectivity index (χ2v) is 12.2. The van der Waals surface area contributed by atoms with Crippen molar-refractivity contribution in [3.63, 3.8) is 0 Å². The average molecular weight is 571 g/mol. The summed E-state index contributed by atoms with van der Waals surface area (Å²) in [5, 5.41) is 4.20. The van der Waals surface area contributed by atoms with Gasteiger partial charge in [-0.15, -0.1) is 0 Å². The summed E-state index contributed by atoms with van der Waals surface area (Å²) in [4.78, 5) is 24.6. The van der Waals surface area contributed by atoms with E-state index < -0.39 is 16.1 Å². The van der Waals surface area contributed by atoms with Crippen LogP contribution >= 0.6 is 0 Å². The number of sulfonamides is 1. The summed E-state index contributed by atoms with van der Waals surface area (Å²) in [6.45, 7) is 11.3. The number of nitrogens with zero attached hydrogens (tertiary/aromatic N) is 3. The van der Waals surface area contributed by atoms with Gasteiger partial charge in [0.1, 0.15) is 6.10 Å². The maximum absolute atomic E-state index is 13.1. The molecule has 2 aromatic rings. The summed E-state index contributed by atoms with van der Waals surface area (Å²) < 4.78 is 33.7. The van der Waals surface area contributed by atoms with E-state index in [1.807, 2.05) is 27.7 Å². The Kier molecular flexibility index (Phi) is 11.3. The molecule has 1 aromatic carbocycles. The van der Waals surface area contributed by atoms with Crippen LogP contribution in [-0.2, 0) is 30.8 Å². The number of ether oxygens (including phenoxy) is 1. The van der Waals surface area contributed by atoms with Crippen molar-refractivity contribution in [3.8, 4) is 0 Å². The van der Waals surface area contributed by atoms with Gasteiger partial charge in [0.15, 0.2) is 0 Å². The molecular formula is C30H42N4O5S. The normalized spacial score (nSPS) is 16.4. The number of fused-ring (bicyclic) bond motifs is 1. The molecule has 3 rings (SSSR count). The van der Waals surface area contributed by atoms with E-state index in [4.69, 9.17) is 9.82 Å². The Balaban J connectivity index is 1.73. The lowest BCUT2D eigenvalue weighted by Gasteiger charge is -2.27. The summed E-state index contributed by atoms with van der Waals surface area (Å²) in [6, 6.07) is 8.14. The molecule has 2 heterocycles. The predicted octanol–water partition coefficient (Wildman–Crippen LogP) is 4.64. The largest absolute Gasteiger partial charge is 0.469 e. The molecule has 0 aliphatic carbocycles. The van der Waals surface area contributed by atoms with Crippen molar-refractivity contribution in [2.24, 2.45) is 11.1 Å². The first-order valence-electron chi connectivity index (χ1n) is 13.7. The minimum absolute atomic E-state index is 0.0914. The van der Waals surface area contributed by atoms with Crippen molar-refractivity contribution < 1.29 is 22.8 Å². The van der Waals surface area contributed by atoms with Crippen molar-refractivity contribution in [1.29, 1.82) is 0 Å². The first kappa shape index (κ1) is 31.3. The zero-order chi connectivity index (χ0) is 29.3. The highest BCUT2D eigenvalue weighted by atomic mass is 32.2. The summed E-state index contributed by atoms with van der Waals surface area (Å²) in [6.07, 6.45) is 7.87. The fourth-order valence-corrected chi connectivity index (χ4v) is 5.74. The lowest BCUT2D eigenvalue weighted by molar-refractivity contribution is -0.139. The van der Waals surface area contributed by atoms with Crippen LogP contribution in [0, 0.1) is 26.7 Å². The van der Waals surface area contributed by atoms with E-state index in [1.165, 1.54) is 13.3 Å². The second kappa shape index (κ2) is 14.4. The number of aromatic nitrogens is 1. The van der Waals surface area contributed by atoms with Crippen molar-refractivity contribution in [2.45, 2.75) is 77.3 Å². The molecule has 0 bridgehead atoms. The van der Waals surface area contributed by atoms with E-state index in [1.54, 1.807) is 36.4 Å². The van der Waals surface area contributed by atoms with Crippen LogP contribution in [0.4, 0.5) is 5.69 Å². The van der Waals surface area contributed by atoms with Crippen molar-refractivity contribution in [2.75, 3.05) is 25.1 Å². The Morgan fingerprint density at radius 1 is 1.18 bits per heavy atom. The topological polar surface area (TPSA) is 110 Å². The third-order valence-electron chi connectivity index (χ3n) is 7.04. The molecule has 0 amide bonds. The van der Waals surface area contributed by atoms with Gasteiger partial charge in [-0.1, -0.05) is 41.9 Å². The van der Waals surface area contributed by atoms with Gasteiger partial charge in [0.25, 0.3) is 0 Å². The van der Waals surface area contributed by atoms with Gasteiger partial charge in [-0.25, -0.2) is 13.1 Å². The number of rotatable bonds is 12. The fourth-order valence-electron chi connectivity index (χ4n) is 4.47. The van der Waals surface area contributed by atoms with Crippen LogP contribution in [0.25, 0.3) is 0 Å². The summed E-state index contributed by atoms with van der Waals surface area (Å²) in [5.74, 6) is -0.691. The molecule has 0 spiro atoms. The minimum atomic E-state index is -3.82. The van der Waals surface area contributed by atoms with Crippen LogP contribution in [0.3, 0.4) is 0 Å². The molecule has 218 valence electrons. The molecule has 0 saturated heterocycles. The maximum Gasteiger partial charge on any atom is 0.309 e. The Morgan fingerprint density at radius 3 is 2.60 bits per heavy atom. The first-order valence-corrected chi connectivity index (χ1v) is 15.2. The number of esters is 1. The van der Waals surface area contributed by atoms with Gasteiger partial charge in [0.2, 0.25) is 10.0 Å². The smallest absolute Gasteiger partial charge is 0.309 e. The molecule has 1 N–H and O–H groups in total. The molecule has 0 saturated carbocycles. The number of hydrogen-bond acceptors (Lipinski definition) is 8. The number of methoxy groups -OCH3 is 1. The van der Waals surface area contributed by atoms with Gasteiger partial charge < -0.3 is 14.5 Å². The molecule has 0 fully saturated rings. The lowest BCUT2D eigenvalue weighted by Crippen LogP contribution is -2.40. The zero-order valence-corrected chi connectivity index (χ0v) is 25.2. The standard InChI is InChI=1S/C30H42N4O5S/c1-21-13-15-26(16-14-21)40(36,37)33-28(22(2)10-9-12-30(35)38-6)19-31-39-24(4)20-34-17-8-7-11-27-29(34)18-23(3)25(5)32-27/h9-10,13-16,18-19,22,24,28,33H,7-8,11-12,17,20H2,1-6H3/b10-9-,31-19-/t22-,24+,28-/m1/s1. The predicted molar refractivity (Wildman–Crippen MR) is 158 cm³/mol. The Hall–Kier alpha value is -3.24. The highest BCUT2D eigenvalue weighted by Crippen LogP contribution is 2.27. The molecule has 1 aliphatic rings. The minimum Gasteiger partial charge on any atom is -0.469 e. The molecule has 40 heavy (non-hydrogen) atoms. The molecule has 10 heteroatoms. The molecule has 1 aliphatic heterocycles. The van der Waals surface area contributed by atoms with Crippen LogP contribution in [-0.4, -0.2) is 57.9 Å². The van der Waals surface area contributed by atoms with E-state index in [-0.39, 0.29) is 29.3 Å². The van der Waals surface area contributed by atoms with Gasteiger partial charge in [-0.2, -0.15) is 0 Å². The number of carbonyl (C=O) groups excluding carboxylic acids is 1. The highest BCUT2D eigenvalue weighted by molar-refractivity contribution is 7.89. The second-order valence-electron chi connectivity index (χ2n) is 10.5. The van der Waals surface area contributed by atoms with E-state index in [0.717, 1.165) is 54.0 Å². The molecule has 0 unspecified atom stereocenters. The van der Waals surface area contributed by atoms with Gasteiger partial charge in [-0.3, -0.25) is 9.78 Å². The highest BCUT2D eigenvalue weighted by Gasteiger charge is 2.23. The van der Waals surface area contributed by atoms with Gasteiger partial charge in [0, 0.05) is 12.2 Å². The number of benzene rings is 1. The maximum atomic E-state index is 13.1. The number of nitrogens with one attached hydrogen (secondary N) is 1. The quantitative estimate of drug-likeness (QED) is 0.171. The third kappa shape index (κ3) is 8.89. The lowest BCUT2D eigenvalue weighted by atomic mass is 10.0. The summed E-state index contributed by atoms with van der Waals surface area (Å²) >= 11 is 0.